The zero-order valence-electron chi connectivity index (χ0n) is 14.1. The number of thioether (sulfide) groups is 1. The van der Waals surface area contributed by atoms with Gasteiger partial charge in [-0.15, -0.1) is 10.2 Å². The summed E-state index contributed by atoms with van der Waals surface area (Å²) < 4.78 is 5.74. The number of aromatic nitrogens is 2. The van der Waals surface area contributed by atoms with Crippen molar-refractivity contribution in [2.24, 2.45) is 0 Å². The fourth-order valence-electron chi connectivity index (χ4n) is 2.59. The maximum atomic E-state index is 11.0. The van der Waals surface area contributed by atoms with Crippen LogP contribution >= 0.6 is 11.8 Å². The summed E-state index contributed by atoms with van der Waals surface area (Å²) in [5, 5.41) is 19.6. The number of hydrogen-bond donors (Lipinski definition) is 0. The van der Waals surface area contributed by atoms with Crippen molar-refractivity contribution in [1.82, 2.24) is 10.2 Å². The number of benzene rings is 2. The van der Waals surface area contributed by atoms with E-state index < -0.39 is 0 Å². The molecule has 0 saturated heterocycles. The molecular formula is C18H17N3O3S. The molecule has 1 aromatic heterocycles. The average molecular weight is 355 g/mol. The lowest BCUT2D eigenvalue weighted by Crippen LogP contribution is -1.95. The van der Waals surface area contributed by atoms with E-state index in [0.29, 0.717) is 22.4 Å². The SMILES string of the molecule is Cc1ccc(-c2nnc(SCc3cccc([N+](=O)[O-])c3C)o2)c(C)c1. The first kappa shape index (κ1) is 17.2. The molecule has 0 aliphatic rings. The van der Waals surface area contributed by atoms with Crippen molar-refractivity contribution in [3.05, 3.63) is 68.8 Å². The minimum atomic E-state index is -0.367. The van der Waals surface area contributed by atoms with Crippen LogP contribution in [0.4, 0.5) is 5.69 Å². The van der Waals surface area contributed by atoms with Crippen LogP contribution in [0, 0.1) is 30.9 Å². The van der Waals surface area contributed by atoms with Crippen molar-refractivity contribution in [2.75, 3.05) is 0 Å². The van der Waals surface area contributed by atoms with Crippen LogP contribution in [0.25, 0.3) is 11.5 Å². The smallest absolute Gasteiger partial charge is 0.277 e. The molecule has 0 aliphatic carbocycles. The summed E-state index contributed by atoms with van der Waals surface area (Å²) in [6.07, 6.45) is 0. The van der Waals surface area contributed by atoms with Gasteiger partial charge < -0.3 is 4.42 Å². The van der Waals surface area contributed by atoms with E-state index in [9.17, 15) is 10.1 Å². The molecule has 3 rings (SSSR count). The highest BCUT2D eigenvalue weighted by atomic mass is 32.2. The Morgan fingerprint density at radius 2 is 1.96 bits per heavy atom. The molecule has 3 aromatic rings. The third-order valence-electron chi connectivity index (χ3n) is 3.98. The van der Waals surface area contributed by atoms with E-state index in [2.05, 4.69) is 16.3 Å². The molecule has 7 heteroatoms. The second kappa shape index (κ2) is 7.06. The quantitative estimate of drug-likeness (QED) is 0.369. The van der Waals surface area contributed by atoms with Crippen LogP contribution in [0.2, 0.25) is 0 Å². The molecule has 0 spiro atoms. The maximum absolute atomic E-state index is 11.0. The van der Waals surface area contributed by atoms with E-state index in [-0.39, 0.29) is 10.6 Å². The summed E-state index contributed by atoms with van der Waals surface area (Å²) in [5.74, 6) is 1.01. The lowest BCUT2D eigenvalue weighted by Gasteiger charge is -2.04. The first-order valence-electron chi connectivity index (χ1n) is 7.72. The molecule has 0 saturated carbocycles. The van der Waals surface area contributed by atoms with E-state index in [1.807, 2.05) is 32.0 Å². The molecule has 1 heterocycles. The van der Waals surface area contributed by atoms with Gasteiger partial charge in [0.05, 0.1) is 4.92 Å². The molecule has 0 amide bonds. The lowest BCUT2D eigenvalue weighted by atomic mass is 10.1. The highest BCUT2D eigenvalue weighted by Crippen LogP contribution is 2.30. The predicted octanol–water partition coefficient (Wildman–Crippen LogP) is 4.86. The predicted molar refractivity (Wildman–Crippen MR) is 96.6 cm³/mol. The minimum absolute atomic E-state index is 0.125. The summed E-state index contributed by atoms with van der Waals surface area (Å²) in [6, 6.07) is 11.1. The van der Waals surface area contributed by atoms with Gasteiger partial charge in [-0.2, -0.15) is 0 Å². The molecule has 128 valence electrons. The zero-order valence-corrected chi connectivity index (χ0v) is 15.0. The van der Waals surface area contributed by atoms with Crippen LogP contribution in [-0.2, 0) is 5.75 Å². The molecule has 2 aromatic carbocycles. The molecule has 0 fully saturated rings. The summed E-state index contributed by atoms with van der Waals surface area (Å²) in [4.78, 5) is 10.7. The van der Waals surface area contributed by atoms with E-state index in [1.165, 1.54) is 23.4 Å². The summed E-state index contributed by atoms with van der Waals surface area (Å²) in [7, 11) is 0. The second-order valence-electron chi connectivity index (χ2n) is 5.80. The molecule has 0 atom stereocenters. The van der Waals surface area contributed by atoms with Crippen molar-refractivity contribution in [3.63, 3.8) is 0 Å². The van der Waals surface area contributed by atoms with Crippen LogP contribution in [0.5, 0.6) is 0 Å². The molecule has 0 N–H and O–H groups in total. The normalized spacial score (nSPS) is 10.8. The minimum Gasteiger partial charge on any atom is -0.411 e. The Morgan fingerprint density at radius 1 is 1.16 bits per heavy atom. The van der Waals surface area contributed by atoms with Crippen molar-refractivity contribution >= 4 is 17.4 Å². The molecular weight excluding hydrogens is 338 g/mol. The number of aryl methyl sites for hydroxylation is 2. The fourth-order valence-corrected chi connectivity index (χ4v) is 3.42. The second-order valence-corrected chi connectivity index (χ2v) is 6.73. The third-order valence-corrected chi connectivity index (χ3v) is 4.85. The van der Waals surface area contributed by atoms with Gasteiger partial charge in [0.25, 0.3) is 10.9 Å². The van der Waals surface area contributed by atoms with Gasteiger partial charge in [0.2, 0.25) is 5.89 Å². The van der Waals surface area contributed by atoms with E-state index in [0.717, 1.165) is 16.7 Å². The monoisotopic (exact) mass is 355 g/mol. The van der Waals surface area contributed by atoms with Gasteiger partial charge in [0.15, 0.2) is 0 Å². The zero-order chi connectivity index (χ0) is 18.0. The highest BCUT2D eigenvalue weighted by molar-refractivity contribution is 7.98. The van der Waals surface area contributed by atoms with Crippen LogP contribution in [0.1, 0.15) is 22.3 Å². The number of nitro groups is 1. The van der Waals surface area contributed by atoms with E-state index >= 15 is 0 Å². The Labute approximate surface area is 149 Å². The number of rotatable bonds is 5. The van der Waals surface area contributed by atoms with Gasteiger partial charge in [-0.3, -0.25) is 10.1 Å². The number of nitrogens with zero attached hydrogens (tertiary/aromatic N) is 3. The van der Waals surface area contributed by atoms with Gasteiger partial charge in [-0.05, 0) is 38.0 Å². The van der Waals surface area contributed by atoms with Crippen molar-refractivity contribution in [2.45, 2.75) is 31.7 Å². The van der Waals surface area contributed by atoms with Crippen LogP contribution in [0.3, 0.4) is 0 Å². The lowest BCUT2D eigenvalue weighted by molar-refractivity contribution is -0.385. The fraction of sp³-hybridized carbons (Fsp3) is 0.222. The van der Waals surface area contributed by atoms with Gasteiger partial charge >= 0.3 is 0 Å². The largest absolute Gasteiger partial charge is 0.411 e. The molecule has 0 bridgehead atoms. The van der Waals surface area contributed by atoms with Crippen LogP contribution in [-0.4, -0.2) is 15.1 Å². The maximum Gasteiger partial charge on any atom is 0.277 e. The summed E-state index contributed by atoms with van der Waals surface area (Å²) in [5.41, 5.74) is 4.84. The Morgan fingerprint density at radius 3 is 2.68 bits per heavy atom. The van der Waals surface area contributed by atoms with E-state index in [1.54, 1.807) is 13.0 Å². The average Bonchev–Trinajstić information content (AvgIpc) is 3.02. The third kappa shape index (κ3) is 3.71. The Balaban J connectivity index is 1.77. The number of hydrogen-bond acceptors (Lipinski definition) is 6. The van der Waals surface area contributed by atoms with Gasteiger partial charge in [-0.1, -0.05) is 41.6 Å². The van der Waals surface area contributed by atoms with Gasteiger partial charge in [0, 0.05) is 22.9 Å². The molecule has 0 unspecified atom stereocenters. The Kier molecular flexibility index (Phi) is 4.85. The first-order valence-corrected chi connectivity index (χ1v) is 8.71. The molecule has 6 nitrogen and oxygen atoms in total. The molecule has 25 heavy (non-hydrogen) atoms. The topological polar surface area (TPSA) is 82.1 Å². The summed E-state index contributed by atoms with van der Waals surface area (Å²) >= 11 is 1.37. The van der Waals surface area contributed by atoms with Gasteiger partial charge in [0.1, 0.15) is 0 Å². The Bertz CT molecular complexity index is 937. The molecule has 0 aliphatic heterocycles. The van der Waals surface area contributed by atoms with Gasteiger partial charge in [-0.25, -0.2) is 0 Å². The summed E-state index contributed by atoms with van der Waals surface area (Å²) in [6.45, 7) is 5.79. The van der Waals surface area contributed by atoms with Crippen LogP contribution in [0.15, 0.2) is 46.0 Å². The van der Waals surface area contributed by atoms with Crippen molar-refractivity contribution in [1.29, 1.82) is 0 Å². The first-order chi connectivity index (χ1) is 12.0. The van der Waals surface area contributed by atoms with Crippen molar-refractivity contribution < 1.29 is 9.34 Å². The molecule has 0 radical (unpaired) electrons. The standard InChI is InChI=1S/C18H17N3O3S/c1-11-7-8-15(12(2)9-11)17-19-20-18(24-17)25-10-14-5-4-6-16(13(14)3)21(22)23/h4-9H,10H2,1-3H3. The van der Waals surface area contributed by atoms with Crippen LogP contribution < -0.4 is 0 Å². The number of nitro benzene ring substituents is 1. The highest BCUT2D eigenvalue weighted by Gasteiger charge is 2.15. The Hall–Kier alpha value is -2.67. The van der Waals surface area contributed by atoms with E-state index in [4.69, 9.17) is 4.42 Å². The van der Waals surface area contributed by atoms with Crippen molar-refractivity contribution in [3.8, 4) is 11.5 Å².